The molecule has 1 fully saturated rings. The van der Waals surface area contributed by atoms with Crippen LogP contribution < -0.4 is 0 Å². The van der Waals surface area contributed by atoms with E-state index in [1.807, 2.05) is 7.05 Å². The highest BCUT2D eigenvalue weighted by molar-refractivity contribution is 5.22. The Kier molecular flexibility index (Phi) is 3.03. The van der Waals surface area contributed by atoms with E-state index in [0.717, 1.165) is 18.5 Å². The van der Waals surface area contributed by atoms with Gasteiger partial charge in [-0.2, -0.15) is 0 Å². The predicted octanol–water partition coefficient (Wildman–Crippen LogP) is 1.61. The molecule has 1 aliphatic heterocycles. The summed E-state index contributed by atoms with van der Waals surface area (Å²) in [7, 11) is 2.00. The van der Waals surface area contributed by atoms with Crippen LogP contribution in [0.2, 0.25) is 0 Å². The predicted molar refractivity (Wildman–Crippen MR) is 57.3 cm³/mol. The van der Waals surface area contributed by atoms with Crippen molar-refractivity contribution in [3.05, 3.63) is 35.6 Å². The Balaban J connectivity index is 2.13. The number of hydrogen-bond donors (Lipinski definition) is 1. The molecule has 15 heavy (non-hydrogen) atoms. The number of hydrogen-bond acceptors (Lipinski definition) is 2. The second-order valence-corrected chi connectivity index (χ2v) is 4.28. The van der Waals surface area contributed by atoms with Crippen molar-refractivity contribution in [2.24, 2.45) is 0 Å². The summed E-state index contributed by atoms with van der Waals surface area (Å²) in [5.41, 5.74) is 1.04. The molecule has 1 saturated heterocycles. The minimum Gasteiger partial charge on any atom is -0.391 e. The van der Waals surface area contributed by atoms with Crippen molar-refractivity contribution in [3.63, 3.8) is 0 Å². The van der Waals surface area contributed by atoms with Crippen LogP contribution in [-0.4, -0.2) is 36.2 Å². The van der Waals surface area contributed by atoms with Gasteiger partial charge in [0, 0.05) is 12.5 Å². The highest BCUT2D eigenvalue weighted by atomic mass is 19.1. The van der Waals surface area contributed by atoms with Crippen molar-refractivity contribution >= 4 is 0 Å². The lowest BCUT2D eigenvalue weighted by Crippen LogP contribution is -2.40. The number of aliphatic hydroxyl groups is 1. The van der Waals surface area contributed by atoms with Crippen LogP contribution in [0.3, 0.4) is 0 Å². The number of benzene rings is 1. The van der Waals surface area contributed by atoms with E-state index < -0.39 is 0 Å². The number of β-amino-alcohol motifs (C(OH)–C–C–N with tert-alkyl or cyclic N) is 1. The zero-order valence-electron chi connectivity index (χ0n) is 8.86. The van der Waals surface area contributed by atoms with Crippen LogP contribution in [0.25, 0.3) is 0 Å². The summed E-state index contributed by atoms with van der Waals surface area (Å²) in [5, 5.41) is 9.93. The topological polar surface area (TPSA) is 23.5 Å². The summed E-state index contributed by atoms with van der Waals surface area (Å²) < 4.78 is 12.7. The Bertz CT molecular complexity index is 325. The van der Waals surface area contributed by atoms with E-state index in [1.54, 1.807) is 12.1 Å². The molecule has 2 atom stereocenters. The summed E-state index contributed by atoms with van der Waals surface area (Å²) in [6, 6.07) is 6.46. The molecular formula is C12H16FNO. The third kappa shape index (κ3) is 2.36. The van der Waals surface area contributed by atoms with E-state index in [1.165, 1.54) is 12.1 Å². The molecule has 82 valence electrons. The van der Waals surface area contributed by atoms with E-state index in [4.69, 9.17) is 0 Å². The molecule has 0 spiro atoms. The molecule has 0 amide bonds. The van der Waals surface area contributed by atoms with Gasteiger partial charge in [-0.1, -0.05) is 12.1 Å². The summed E-state index contributed by atoms with van der Waals surface area (Å²) in [6.45, 7) is 1.68. The molecule has 0 radical (unpaired) electrons. The fourth-order valence-electron chi connectivity index (χ4n) is 2.19. The Morgan fingerprint density at radius 3 is 2.60 bits per heavy atom. The first-order chi connectivity index (χ1) is 7.16. The normalized spacial score (nSPS) is 27.9. The standard InChI is InChI=1S/C12H16FNO/c1-14-7-6-11(12(15)8-14)9-2-4-10(13)5-3-9/h2-5,11-12,15H,6-8H2,1H3. The maximum absolute atomic E-state index is 12.7. The van der Waals surface area contributed by atoms with Crippen LogP contribution in [0.5, 0.6) is 0 Å². The molecule has 0 aliphatic carbocycles. The monoisotopic (exact) mass is 209 g/mol. The summed E-state index contributed by atoms with van der Waals surface area (Å²) in [5.74, 6) is -0.0667. The minimum atomic E-state index is -0.339. The van der Waals surface area contributed by atoms with Gasteiger partial charge in [0.15, 0.2) is 0 Å². The first kappa shape index (κ1) is 10.6. The van der Waals surface area contributed by atoms with Crippen molar-refractivity contribution in [2.75, 3.05) is 20.1 Å². The number of piperidine rings is 1. The van der Waals surface area contributed by atoms with Gasteiger partial charge in [-0.3, -0.25) is 0 Å². The zero-order chi connectivity index (χ0) is 10.8. The Morgan fingerprint density at radius 2 is 2.00 bits per heavy atom. The van der Waals surface area contributed by atoms with E-state index in [9.17, 15) is 9.50 Å². The van der Waals surface area contributed by atoms with Gasteiger partial charge in [0.1, 0.15) is 5.82 Å². The number of nitrogens with zero attached hydrogens (tertiary/aromatic N) is 1. The fraction of sp³-hybridized carbons (Fsp3) is 0.500. The maximum atomic E-state index is 12.7. The summed E-state index contributed by atoms with van der Waals surface area (Å²) >= 11 is 0. The molecule has 1 aromatic rings. The Morgan fingerprint density at radius 1 is 1.33 bits per heavy atom. The second kappa shape index (κ2) is 4.29. The van der Waals surface area contributed by atoms with E-state index in [0.29, 0.717) is 6.54 Å². The number of halogens is 1. The lowest BCUT2D eigenvalue weighted by atomic mass is 9.87. The van der Waals surface area contributed by atoms with Crippen LogP contribution in [-0.2, 0) is 0 Å². The third-order valence-electron chi connectivity index (χ3n) is 3.08. The van der Waals surface area contributed by atoms with Crippen LogP contribution in [0, 0.1) is 5.82 Å². The van der Waals surface area contributed by atoms with Crippen molar-refractivity contribution in [1.82, 2.24) is 4.90 Å². The number of rotatable bonds is 1. The van der Waals surface area contributed by atoms with Gasteiger partial charge in [0.2, 0.25) is 0 Å². The van der Waals surface area contributed by atoms with Crippen LogP contribution >= 0.6 is 0 Å². The number of aliphatic hydroxyl groups excluding tert-OH is 1. The Hall–Kier alpha value is -0.930. The van der Waals surface area contributed by atoms with Gasteiger partial charge in [-0.25, -0.2) is 4.39 Å². The Labute approximate surface area is 89.3 Å². The molecule has 1 N–H and O–H groups in total. The maximum Gasteiger partial charge on any atom is 0.123 e. The molecule has 1 heterocycles. The van der Waals surface area contributed by atoms with Gasteiger partial charge in [0.25, 0.3) is 0 Å². The SMILES string of the molecule is CN1CCC(c2ccc(F)cc2)C(O)C1. The van der Waals surface area contributed by atoms with Crippen molar-refractivity contribution in [2.45, 2.75) is 18.4 Å². The molecule has 2 nitrogen and oxygen atoms in total. The highest BCUT2D eigenvalue weighted by Gasteiger charge is 2.26. The van der Waals surface area contributed by atoms with E-state index in [2.05, 4.69) is 4.90 Å². The summed E-state index contributed by atoms with van der Waals surface area (Å²) in [6.07, 6.45) is 0.595. The third-order valence-corrected chi connectivity index (χ3v) is 3.08. The first-order valence-corrected chi connectivity index (χ1v) is 5.29. The molecule has 0 aromatic heterocycles. The molecule has 0 bridgehead atoms. The van der Waals surface area contributed by atoms with Crippen molar-refractivity contribution in [3.8, 4) is 0 Å². The van der Waals surface area contributed by atoms with Crippen LogP contribution in [0.15, 0.2) is 24.3 Å². The quantitative estimate of drug-likeness (QED) is 0.759. The fourth-order valence-corrected chi connectivity index (χ4v) is 2.19. The second-order valence-electron chi connectivity index (χ2n) is 4.28. The molecule has 1 aromatic carbocycles. The molecule has 2 rings (SSSR count). The van der Waals surface area contributed by atoms with Crippen molar-refractivity contribution in [1.29, 1.82) is 0 Å². The smallest absolute Gasteiger partial charge is 0.123 e. The van der Waals surface area contributed by atoms with Crippen molar-refractivity contribution < 1.29 is 9.50 Å². The van der Waals surface area contributed by atoms with Gasteiger partial charge in [-0.15, -0.1) is 0 Å². The molecule has 0 saturated carbocycles. The van der Waals surface area contributed by atoms with E-state index in [-0.39, 0.29) is 17.8 Å². The molecular weight excluding hydrogens is 193 g/mol. The van der Waals surface area contributed by atoms with Crippen LogP contribution in [0.4, 0.5) is 4.39 Å². The zero-order valence-corrected chi connectivity index (χ0v) is 8.86. The largest absolute Gasteiger partial charge is 0.391 e. The lowest BCUT2D eigenvalue weighted by Gasteiger charge is -2.33. The lowest BCUT2D eigenvalue weighted by molar-refractivity contribution is 0.0638. The average Bonchev–Trinajstić information content (AvgIpc) is 2.20. The number of likely N-dealkylation sites (N-methyl/N-ethyl adjacent to an activating group) is 1. The molecule has 2 unspecified atom stereocenters. The van der Waals surface area contributed by atoms with Gasteiger partial charge in [0.05, 0.1) is 6.10 Å². The highest BCUT2D eigenvalue weighted by Crippen LogP contribution is 2.27. The molecule has 3 heteroatoms. The van der Waals surface area contributed by atoms with Gasteiger partial charge in [-0.05, 0) is 37.7 Å². The first-order valence-electron chi connectivity index (χ1n) is 5.29. The van der Waals surface area contributed by atoms with E-state index >= 15 is 0 Å². The van der Waals surface area contributed by atoms with Gasteiger partial charge >= 0.3 is 0 Å². The average molecular weight is 209 g/mol. The molecule has 1 aliphatic rings. The summed E-state index contributed by atoms with van der Waals surface area (Å²) in [4.78, 5) is 2.12. The number of likely N-dealkylation sites (tertiary alicyclic amines) is 1. The minimum absolute atomic E-state index is 0.154. The van der Waals surface area contributed by atoms with Gasteiger partial charge < -0.3 is 10.0 Å². The van der Waals surface area contributed by atoms with Crippen LogP contribution in [0.1, 0.15) is 17.9 Å².